The Morgan fingerprint density at radius 3 is 2.58 bits per heavy atom. The van der Waals surface area contributed by atoms with E-state index in [-0.39, 0.29) is 6.04 Å². The van der Waals surface area contributed by atoms with Crippen LogP contribution in [-0.4, -0.2) is 16.7 Å². The normalized spacial score (nSPS) is 16.9. The van der Waals surface area contributed by atoms with Gasteiger partial charge in [-0.25, -0.2) is 4.99 Å². The number of H-pyrrole nitrogens is 1. The zero-order chi connectivity index (χ0) is 23.6. The lowest BCUT2D eigenvalue weighted by molar-refractivity contribution is 0.668. The molecule has 0 bridgehead atoms. The maximum absolute atomic E-state index is 6.48. The summed E-state index contributed by atoms with van der Waals surface area (Å²) in [6.07, 6.45) is 10.3. The van der Waals surface area contributed by atoms with Crippen molar-refractivity contribution in [2.24, 2.45) is 4.99 Å². The molecule has 170 valence electrons. The number of para-hydroxylation sites is 1. The molecule has 4 aromatic carbocycles. The van der Waals surface area contributed by atoms with Crippen LogP contribution < -0.4 is 5.32 Å². The van der Waals surface area contributed by atoms with Crippen LogP contribution in [0.25, 0.3) is 60.6 Å². The maximum atomic E-state index is 6.48. The smallest absolute Gasteiger partial charge is 0.147 e. The molecule has 1 aliphatic carbocycles. The van der Waals surface area contributed by atoms with E-state index in [0.717, 1.165) is 49.9 Å². The number of hydrogen-bond donors (Lipinski definition) is 2. The molecular weight excluding hydrogens is 442 g/mol. The molecule has 8 rings (SSSR count). The summed E-state index contributed by atoms with van der Waals surface area (Å²) in [7, 11) is 0. The van der Waals surface area contributed by atoms with Crippen molar-refractivity contribution in [3.63, 3.8) is 0 Å². The molecule has 36 heavy (non-hydrogen) atoms. The average Bonchev–Trinajstić information content (AvgIpc) is 3.49. The van der Waals surface area contributed by atoms with Crippen LogP contribution in [0.3, 0.4) is 0 Å². The van der Waals surface area contributed by atoms with Crippen LogP contribution in [0.4, 0.5) is 0 Å². The number of benzene rings is 4. The second-order valence-corrected chi connectivity index (χ2v) is 9.36. The summed E-state index contributed by atoms with van der Waals surface area (Å²) in [5, 5.41) is 8.08. The topological polar surface area (TPSA) is 53.3 Å². The number of aliphatic imine (C=N–C) groups is 1. The van der Waals surface area contributed by atoms with Crippen molar-refractivity contribution in [1.82, 2.24) is 10.3 Å². The molecule has 1 atom stereocenters. The fourth-order valence-electron chi connectivity index (χ4n) is 5.52. The van der Waals surface area contributed by atoms with Gasteiger partial charge in [-0.2, -0.15) is 0 Å². The summed E-state index contributed by atoms with van der Waals surface area (Å²) in [4.78, 5) is 8.81. The Bertz CT molecular complexity index is 1970. The molecule has 2 aliphatic rings. The van der Waals surface area contributed by atoms with Gasteiger partial charge in [0.05, 0.1) is 28.5 Å². The number of furan rings is 1. The standard InChI is InChI=1S/C32H21N3O/c1-2-8-19(9-3-1)20-14-15-21-23-17-24-22-10-4-7-13-29(22)36-32(24)30(31(23)35-27(21)16-20)28-18-33-25-11-5-6-12-26(25)34-28/h1-18,25,33,35H. The van der Waals surface area contributed by atoms with Gasteiger partial charge in [0.1, 0.15) is 11.2 Å². The number of hydrogen-bond acceptors (Lipinski definition) is 3. The maximum Gasteiger partial charge on any atom is 0.147 e. The predicted molar refractivity (Wildman–Crippen MR) is 149 cm³/mol. The van der Waals surface area contributed by atoms with Gasteiger partial charge in [0, 0.05) is 33.3 Å². The quantitative estimate of drug-likeness (QED) is 0.276. The van der Waals surface area contributed by atoms with Gasteiger partial charge < -0.3 is 14.7 Å². The van der Waals surface area contributed by atoms with Crippen LogP contribution >= 0.6 is 0 Å². The molecule has 1 unspecified atom stereocenters. The molecule has 0 saturated heterocycles. The van der Waals surface area contributed by atoms with Crippen LogP contribution in [0, 0.1) is 0 Å². The van der Waals surface area contributed by atoms with Gasteiger partial charge in [-0.3, -0.25) is 0 Å². The largest absolute Gasteiger partial charge is 0.455 e. The highest BCUT2D eigenvalue weighted by atomic mass is 16.3. The Morgan fingerprint density at radius 1 is 0.750 bits per heavy atom. The summed E-state index contributed by atoms with van der Waals surface area (Å²) in [6.45, 7) is 0. The number of nitrogens with zero attached hydrogens (tertiary/aromatic N) is 1. The van der Waals surface area contributed by atoms with E-state index in [1.165, 1.54) is 21.9 Å². The highest BCUT2D eigenvalue weighted by Gasteiger charge is 2.24. The Hall–Kier alpha value is -4.83. The monoisotopic (exact) mass is 463 g/mol. The van der Waals surface area contributed by atoms with E-state index in [0.29, 0.717) is 0 Å². The minimum atomic E-state index is 0.0975. The van der Waals surface area contributed by atoms with Gasteiger partial charge in [-0.05, 0) is 35.4 Å². The summed E-state index contributed by atoms with van der Waals surface area (Å²) in [6, 6.07) is 27.7. The van der Waals surface area contributed by atoms with Crippen LogP contribution in [0.2, 0.25) is 0 Å². The van der Waals surface area contributed by atoms with Crippen molar-refractivity contribution < 1.29 is 4.42 Å². The second kappa shape index (κ2) is 7.33. The third kappa shape index (κ3) is 2.78. The van der Waals surface area contributed by atoms with E-state index in [2.05, 4.69) is 89.2 Å². The number of aromatic amines is 1. The SMILES string of the molecule is C1=CC2=NC(c3c4[nH]c5cc(-c6ccccc6)ccc5c4cc4c3oc3ccccc34)=CNC2C=C1. The zero-order valence-electron chi connectivity index (χ0n) is 19.3. The predicted octanol–water partition coefficient (Wildman–Crippen LogP) is 7.72. The summed E-state index contributed by atoms with van der Waals surface area (Å²) < 4.78 is 6.48. The number of fused-ring (bicyclic) bond motifs is 7. The lowest BCUT2D eigenvalue weighted by Gasteiger charge is -2.22. The van der Waals surface area contributed by atoms with E-state index in [9.17, 15) is 0 Å². The average molecular weight is 464 g/mol. The first kappa shape index (κ1) is 19.5. The van der Waals surface area contributed by atoms with Crippen molar-refractivity contribution in [1.29, 1.82) is 0 Å². The summed E-state index contributed by atoms with van der Waals surface area (Å²) in [5.41, 5.74) is 9.10. The Kier molecular flexibility index (Phi) is 3.97. The van der Waals surface area contributed by atoms with E-state index in [1.54, 1.807) is 0 Å². The minimum Gasteiger partial charge on any atom is -0.455 e. The third-order valence-electron chi connectivity index (χ3n) is 7.25. The molecule has 4 nitrogen and oxygen atoms in total. The molecule has 6 aromatic rings. The zero-order valence-corrected chi connectivity index (χ0v) is 19.3. The molecule has 2 N–H and O–H groups in total. The Morgan fingerprint density at radius 2 is 1.64 bits per heavy atom. The molecule has 4 heteroatoms. The summed E-state index contributed by atoms with van der Waals surface area (Å²) >= 11 is 0. The molecule has 0 radical (unpaired) electrons. The number of aromatic nitrogens is 1. The van der Waals surface area contributed by atoms with E-state index >= 15 is 0 Å². The molecule has 0 spiro atoms. The van der Waals surface area contributed by atoms with Crippen LogP contribution in [0.15, 0.2) is 119 Å². The lowest BCUT2D eigenvalue weighted by atomic mass is 9.99. The van der Waals surface area contributed by atoms with Crippen molar-refractivity contribution >= 4 is 55.2 Å². The number of allylic oxidation sites excluding steroid dienone is 2. The van der Waals surface area contributed by atoms with E-state index in [4.69, 9.17) is 9.41 Å². The molecular formula is C32H21N3O. The molecule has 2 aromatic heterocycles. The van der Waals surface area contributed by atoms with Crippen LogP contribution in [0.1, 0.15) is 5.56 Å². The molecule has 0 saturated carbocycles. The van der Waals surface area contributed by atoms with Crippen molar-refractivity contribution in [3.05, 3.63) is 115 Å². The molecule has 0 fully saturated rings. The van der Waals surface area contributed by atoms with E-state index < -0.39 is 0 Å². The second-order valence-electron chi connectivity index (χ2n) is 9.36. The van der Waals surface area contributed by atoms with Gasteiger partial charge in [0.25, 0.3) is 0 Å². The first-order valence-corrected chi connectivity index (χ1v) is 12.2. The number of rotatable bonds is 2. The molecule has 0 amide bonds. The first-order chi connectivity index (χ1) is 17.8. The molecule has 1 aliphatic heterocycles. The number of nitrogens with one attached hydrogen (secondary N) is 2. The summed E-state index contributed by atoms with van der Waals surface area (Å²) in [5.74, 6) is 0. The Balaban J connectivity index is 1.45. The third-order valence-corrected chi connectivity index (χ3v) is 7.25. The van der Waals surface area contributed by atoms with Gasteiger partial charge >= 0.3 is 0 Å². The van der Waals surface area contributed by atoms with Gasteiger partial charge in [0.2, 0.25) is 0 Å². The lowest BCUT2D eigenvalue weighted by Crippen LogP contribution is -2.34. The fourth-order valence-corrected chi connectivity index (χ4v) is 5.52. The highest BCUT2D eigenvalue weighted by molar-refractivity contribution is 6.22. The Labute approximate surface area is 207 Å². The molecule has 3 heterocycles. The first-order valence-electron chi connectivity index (χ1n) is 12.2. The van der Waals surface area contributed by atoms with Gasteiger partial charge in [0.15, 0.2) is 0 Å². The van der Waals surface area contributed by atoms with Gasteiger partial charge in [-0.15, -0.1) is 0 Å². The van der Waals surface area contributed by atoms with E-state index in [1.807, 2.05) is 30.5 Å². The minimum absolute atomic E-state index is 0.0975. The van der Waals surface area contributed by atoms with Crippen LogP contribution in [-0.2, 0) is 0 Å². The van der Waals surface area contributed by atoms with Gasteiger partial charge in [-0.1, -0.05) is 78.9 Å². The highest BCUT2D eigenvalue weighted by Crippen LogP contribution is 2.42. The van der Waals surface area contributed by atoms with Crippen LogP contribution in [0.5, 0.6) is 0 Å². The van der Waals surface area contributed by atoms with Crippen molar-refractivity contribution in [2.75, 3.05) is 0 Å². The van der Waals surface area contributed by atoms with Crippen molar-refractivity contribution in [2.45, 2.75) is 6.04 Å². The van der Waals surface area contributed by atoms with Crippen molar-refractivity contribution in [3.8, 4) is 11.1 Å². The fraction of sp³-hybridized carbons (Fsp3) is 0.0312.